The molecule has 0 radical (unpaired) electrons. The molecule has 4 atom stereocenters. The van der Waals surface area contributed by atoms with Gasteiger partial charge in [0.05, 0.1) is 19.3 Å². The summed E-state index contributed by atoms with van der Waals surface area (Å²) in [5.74, 6) is 1.50. The maximum absolute atomic E-state index is 12.7. The molecular formula is C15H18N2O3. The smallest absolute Gasteiger partial charge is 0.259 e. The molecule has 0 N–H and O–H groups in total. The van der Waals surface area contributed by atoms with Crippen molar-refractivity contribution in [3.63, 3.8) is 0 Å². The quantitative estimate of drug-likeness (QED) is 0.816. The number of hydrogen-bond acceptors (Lipinski definition) is 4. The third-order valence-corrected chi connectivity index (χ3v) is 4.93. The highest BCUT2D eigenvalue weighted by atomic mass is 16.5. The van der Waals surface area contributed by atoms with Gasteiger partial charge in [0.2, 0.25) is 5.88 Å². The Morgan fingerprint density at radius 1 is 1.35 bits per heavy atom. The second-order valence-electron chi connectivity index (χ2n) is 5.89. The molecule has 0 aliphatic carbocycles. The number of likely N-dealkylation sites (tertiary alicyclic amines) is 1. The fourth-order valence-electron chi connectivity index (χ4n) is 4.01. The van der Waals surface area contributed by atoms with Crippen molar-refractivity contribution in [2.45, 2.75) is 25.0 Å². The highest BCUT2D eigenvalue weighted by Crippen LogP contribution is 2.47. The van der Waals surface area contributed by atoms with Crippen LogP contribution in [0.1, 0.15) is 23.2 Å². The van der Waals surface area contributed by atoms with Gasteiger partial charge in [-0.3, -0.25) is 4.79 Å². The first-order chi connectivity index (χ1) is 9.78. The van der Waals surface area contributed by atoms with Crippen molar-refractivity contribution in [3.8, 4) is 5.88 Å². The molecule has 0 aromatic carbocycles. The first kappa shape index (κ1) is 12.1. The van der Waals surface area contributed by atoms with Gasteiger partial charge in [-0.05, 0) is 25.0 Å². The molecule has 4 rings (SSSR count). The van der Waals surface area contributed by atoms with E-state index < -0.39 is 0 Å². The van der Waals surface area contributed by atoms with E-state index in [1.165, 1.54) is 0 Å². The van der Waals surface area contributed by atoms with Crippen LogP contribution in [0.3, 0.4) is 0 Å². The van der Waals surface area contributed by atoms with Crippen molar-refractivity contribution >= 4 is 5.91 Å². The molecule has 4 heterocycles. The van der Waals surface area contributed by atoms with Gasteiger partial charge in [-0.2, -0.15) is 0 Å². The van der Waals surface area contributed by atoms with Gasteiger partial charge in [0.25, 0.3) is 5.91 Å². The van der Waals surface area contributed by atoms with E-state index in [9.17, 15) is 4.79 Å². The summed E-state index contributed by atoms with van der Waals surface area (Å²) in [6.45, 7) is 1.62. The van der Waals surface area contributed by atoms with Crippen LogP contribution < -0.4 is 4.74 Å². The summed E-state index contributed by atoms with van der Waals surface area (Å²) in [4.78, 5) is 18.7. The zero-order valence-electron chi connectivity index (χ0n) is 11.5. The van der Waals surface area contributed by atoms with E-state index in [1.807, 2.05) is 4.90 Å². The summed E-state index contributed by atoms with van der Waals surface area (Å²) >= 11 is 0. The second-order valence-corrected chi connectivity index (χ2v) is 5.89. The van der Waals surface area contributed by atoms with Crippen molar-refractivity contribution in [1.29, 1.82) is 0 Å². The number of ether oxygens (including phenoxy) is 2. The van der Waals surface area contributed by atoms with Crippen molar-refractivity contribution in [2.24, 2.45) is 11.8 Å². The molecule has 3 saturated heterocycles. The van der Waals surface area contributed by atoms with Crippen LogP contribution in [0.15, 0.2) is 18.3 Å². The first-order valence-corrected chi connectivity index (χ1v) is 7.21. The lowest BCUT2D eigenvalue weighted by atomic mass is 9.82. The molecule has 5 nitrogen and oxygen atoms in total. The van der Waals surface area contributed by atoms with Crippen LogP contribution in [0.25, 0.3) is 0 Å². The van der Waals surface area contributed by atoms with Gasteiger partial charge in [-0.1, -0.05) is 0 Å². The molecule has 2 bridgehead atoms. The van der Waals surface area contributed by atoms with Gasteiger partial charge in [0.1, 0.15) is 5.56 Å². The monoisotopic (exact) mass is 274 g/mol. The number of nitrogens with zero attached hydrogens (tertiary/aromatic N) is 2. The Morgan fingerprint density at radius 2 is 2.05 bits per heavy atom. The molecule has 0 saturated carbocycles. The number of rotatable bonds is 2. The third kappa shape index (κ3) is 1.66. The van der Waals surface area contributed by atoms with Gasteiger partial charge < -0.3 is 14.4 Å². The van der Waals surface area contributed by atoms with E-state index >= 15 is 0 Å². The molecule has 0 spiro atoms. The minimum Gasteiger partial charge on any atom is -0.480 e. The number of aromatic nitrogens is 1. The SMILES string of the molecule is COc1ncccc1C(=O)N1C[C@@H]2[C@H](C1)[C@H]1CC[C@@H]2O1. The summed E-state index contributed by atoms with van der Waals surface area (Å²) in [6, 6.07) is 3.56. The van der Waals surface area contributed by atoms with E-state index in [1.54, 1.807) is 25.4 Å². The molecule has 0 unspecified atom stereocenters. The minimum absolute atomic E-state index is 0.0313. The van der Waals surface area contributed by atoms with Crippen LogP contribution >= 0.6 is 0 Å². The van der Waals surface area contributed by atoms with Crippen LogP contribution in [-0.2, 0) is 4.74 Å². The van der Waals surface area contributed by atoms with Gasteiger partial charge >= 0.3 is 0 Å². The van der Waals surface area contributed by atoms with Crippen molar-refractivity contribution in [3.05, 3.63) is 23.9 Å². The van der Waals surface area contributed by atoms with Gasteiger partial charge in [-0.15, -0.1) is 0 Å². The Kier molecular flexibility index (Phi) is 2.70. The lowest BCUT2D eigenvalue weighted by molar-refractivity contribution is 0.0592. The topological polar surface area (TPSA) is 51.7 Å². The number of carbonyl (C=O) groups is 1. The fraction of sp³-hybridized carbons (Fsp3) is 0.600. The number of carbonyl (C=O) groups excluding carboxylic acids is 1. The van der Waals surface area contributed by atoms with E-state index in [2.05, 4.69) is 4.98 Å². The number of amides is 1. The molecule has 20 heavy (non-hydrogen) atoms. The number of fused-ring (bicyclic) bond motifs is 5. The summed E-state index contributed by atoms with van der Waals surface area (Å²) in [5, 5.41) is 0. The molecule has 106 valence electrons. The van der Waals surface area contributed by atoms with Crippen LogP contribution in [0.2, 0.25) is 0 Å². The average Bonchev–Trinajstić information content (AvgIpc) is 3.18. The van der Waals surface area contributed by atoms with Crippen molar-refractivity contribution in [1.82, 2.24) is 9.88 Å². The highest BCUT2D eigenvalue weighted by Gasteiger charge is 2.53. The molecule has 5 heteroatoms. The molecule has 1 aromatic heterocycles. The molecule has 3 fully saturated rings. The summed E-state index contributed by atoms with van der Waals surface area (Å²) in [5.41, 5.74) is 0.559. The number of methoxy groups -OCH3 is 1. The first-order valence-electron chi connectivity index (χ1n) is 7.21. The van der Waals surface area contributed by atoms with E-state index in [0.29, 0.717) is 35.5 Å². The van der Waals surface area contributed by atoms with E-state index in [0.717, 1.165) is 25.9 Å². The van der Waals surface area contributed by atoms with Crippen LogP contribution in [-0.4, -0.2) is 48.2 Å². The standard InChI is InChI=1S/C15H18N2O3/c1-19-14-9(3-2-6-16-14)15(18)17-7-10-11(8-17)13-5-4-12(10)20-13/h2-3,6,10-13H,4-5,7-8H2,1H3/t10-,11+,12+,13-. The van der Waals surface area contributed by atoms with Gasteiger partial charge in [0, 0.05) is 31.1 Å². The Bertz CT molecular complexity index is 530. The summed E-state index contributed by atoms with van der Waals surface area (Å²) in [6.07, 6.45) is 4.70. The van der Waals surface area contributed by atoms with Gasteiger partial charge in [0.15, 0.2) is 0 Å². The van der Waals surface area contributed by atoms with Crippen LogP contribution in [0.4, 0.5) is 0 Å². The second kappa shape index (κ2) is 4.45. The third-order valence-electron chi connectivity index (χ3n) is 4.93. The van der Waals surface area contributed by atoms with Crippen molar-refractivity contribution in [2.75, 3.05) is 20.2 Å². The number of hydrogen-bond donors (Lipinski definition) is 0. The van der Waals surface area contributed by atoms with Gasteiger partial charge in [-0.25, -0.2) is 4.98 Å². The Labute approximate surface area is 117 Å². The van der Waals surface area contributed by atoms with Crippen LogP contribution in [0, 0.1) is 11.8 Å². The lowest BCUT2D eigenvalue weighted by Crippen LogP contribution is -2.31. The molecule has 1 amide bonds. The Hall–Kier alpha value is -1.62. The number of pyridine rings is 1. The molecule has 1 aromatic rings. The maximum atomic E-state index is 12.7. The summed E-state index contributed by atoms with van der Waals surface area (Å²) < 4.78 is 11.1. The van der Waals surface area contributed by atoms with E-state index in [-0.39, 0.29) is 5.91 Å². The summed E-state index contributed by atoms with van der Waals surface area (Å²) in [7, 11) is 1.55. The minimum atomic E-state index is 0.0313. The highest BCUT2D eigenvalue weighted by molar-refractivity contribution is 5.96. The lowest BCUT2D eigenvalue weighted by Gasteiger charge is -2.19. The average molecular weight is 274 g/mol. The Morgan fingerprint density at radius 3 is 2.70 bits per heavy atom. The predicted molar refractivity (Wildman–Crippen MR) is 71.6 cm³/mol. The predicted octanol–water partition coefficient (Wildman–Crippen LogP) is 1.34. The fourth-order valence-corrected chi connectivity index (χ4v) is 4.01. The molecular weight excluding hydrogens is 256 g/mol. The molecule has 3 aliphatic rings. The normalized spacial score (nSPS) is 34.4. The van der Waals surface area contributed by atoms with Crippen molar-refractivity contribution < 1.29 is 14.3 Å². The van der Waals surface area contributed by atoms with Crippen LogP contribution in [0.5, 0.6) is 5.88 Å². The zero-order chi connectivity index (χ0) is 13.7. The molecule has 3 aliphatic heterocycles. The Balaban J connectivity index is 1.56. The maximum Gasteiger partial charge on any atom is 0.259 e. The largest absolute Gasteiger partial charge is 0.480 e. The van der Waals surface area contributed by atoms with E-state index in [4.69, 9.17) is 9.47 Å². The zero-order valence-corrected chi connectivity index (χ0v) is 11.5.